The zero-order valence-electron chi connectivity index (χ0n) is 10.1. The fourth-order valence-corrected chi connectivity index (χ4v) is 4.26. The van der Waals surface area contributed by atoms with Crippen molar-refractivity contribution in [2.75, 3.05) is 0 Å². The first kappa shape index (κ1) is 14.0. The van der Waals surface area contributed by atoms with Crippen LogP contribution in [-0.4, -0.2) is 25.7 Å². The molecule has 0 radical (unpaired) electrons. The van der Waals surface area contributed by atoms with Crippen LogP contribution in [0.25, 0.3) is 0 Å². The molecule has 6 heteroatoms. The highest BCUT2D eigenvalue weighted by atomic mass is 79.9. The minimum atomic E-state index is -3.55. The molecule has 2 rings (SSSR count). The van der Waals surface area contributed by atoms with Gasteiger partial charge in [0, 0.05) is 10.5 Å². The second-order valence-electron chi connectivity index (χ2n) is 4.64. The Bertz CT molecular complexity index is 544. The maximum atomic E-state index is 12.2. The third kappa shape index (κ3) is 2.93. The molecule has 2 N–H and O–H groups in total. The Kier molecular flexibility index (Phi) is 4.11. The number of halogens is 1. The molecule has 0 bridgehead atoms. The van der Waals surface area contributed by atoms with E-state index in [1.165, 1.54) is 0 Å². The van der Waals surface area contributed by atoms with Gasteiger partial charge in [0.15, 0.2) is 0 Å². The van der Waals surface area contributed by atoms with Gasteiger partial charge in [-0.15, -0.1) is 0 Å². The van der Waals surface area contributed by atoms with E-state index in [1.807, 2.05) is 0 Å². The van der Waals surface area contributed by atoms with Gasteiger partial charge in [0.1, 0.15) is 0 Å². The van der Waals surface area contributed by atoms with Crippen molar-refractivity contribution in [1.82, 2.24) is 4.72 Å². The molecule has 18 heavy (non-hydrogen) atoms. The van der Waals surface area contributed by atoms with Crippen LogP contribution in [0.2, 0.25) is 0 Å². The standard InChI is InChI=1S/C12H16BrNO3S/c1-8-7-9(13)5-6-12(8)18(16,17)14-10-3-2-4-11(10)15/h5-7,10-11,14-15H,2-4H2,1H3/t10-,11+/m1/s1. The zero-order valence-corrected chi connectivity index (χ0v) is 12.5. The Hall–Kier alpha value is -0.430. The van der Waals surface area contributed by atoms with Gasteiger partial charge in [0.2, 0.25) is 10.0 Å². The van der Waals surface area contributed by atoms with Gasteiger partial charge in [-0.2, -0.15) is 0 Å². The lowest BCUT2D eigenvalue weighted by atomic mass is 10.2. The number of nitrogens with one attached hydrogen (secondary N) is 1. The van der Waals surface area contributed by atoms with Gasteiger partial charge < -0.3 is 5.11 Å². The van der Waals surface area contributed by atoms with E-state index >= 15 is 0 Å². The third-order valence-corrected chi connectivity index (χ3v) is 5.36. The highest BCUT2D eigenvalue weighted by Gasteiger charge is 2.30. The first-order valence-electron chi connectivity index (χ1n) is 5.87. The first-order valence-corrected chi connectivity index (χ1v) is 8.14. The number of sulfonamides is 1. The normalized spacial score (nSPS) is 24.4. The fraction of sp³-hybridized carbons (Fsp3) is 0.500. The number of aliphatic hydroxyl groups is 1. The molecule has 0 aromatic heterocycles. The molecule has 1 aliphatic rings. The molecule has 1 aliphatic carbocycles. The maximum Gasteiger partial charge on any atom is 0.241 e. The Morgan fingerprint density at radius 1 is 1.39 bits per heavy atom. The molecule has 0 aliphatic heterocycles. The third-order valence-electron chi connectivity index (χ3n) is 3.21. The summed E-state index contributed by atoms with van der Waals surface area (Å²) in [5.74, 6) is 0. The van der Waals surface area contributed by atoms with Crippen molar-refractivity contribution in [2.24, 2.45) is 0 Å². The van der Waals surface area contributed by atoms with Gasteiger partial charge in [-0.25, -0.2) is 13.1 Å². The van der Waals surface area contributed by atoms with E-state index in [0.29, 0.717) is 18.4 Å². The number of hydrogen-bond acceptors (Lipinski definition) is 3. The molecule has 100 valence electrons. The SMILES string of the molecule is Cc1cc(Br)ccc1S(=O)(=O)N[C@@H]1CCC[C@@H]1O. The molecule has 0 unspecified atom stereocenters. The minimum Gasteiger partial charge on any atom is -0.391 e. The Morgan fingerprint density at radius 3 is 2.67 bits per heavy atom. The molecular formula is C12H16BrNO3S. The van der Waals surface area contributed by atoms with Crippen LogP contribution in [0.5, 0.6) is 0 Å². The molecule has 1 aromatic carbocycles. The minimum absolute atomic E-state index is 0.268. The van der Waals surface area contributed by atoms with Crippen LogP contribution in [0.3, 0.4) is 0 Å². The van der Waals surface area contributed by atoms with Crippen LogP contribution >= 0.6 is 15.9 Å². The van der Waals surface area contributed by atoms with Crippen LogP contribution in [0.4, 0.5) is 0 Å². The van der Waals surface area contributed by atoms with Crippen LogP contribution in [-0.2, 0) is 10.0 Å². The maximum absolute atomic E-state index is 12.2. The van der Waals surface area contributed by atoms with Gasteiger partial charge in [-0.1, -0.05) is 15.9 Å². The summed E-state index contributed by atoms with van der Waals surface area (Å²) in [7, 11) is -3.55. The molecule has 1 saturated carbocycles. The molecule has 0 amide bonds. The van der Waals surface area contributed by atoms with Gasteiger partial charge in [-0.3, -0.25) is 0 Å². The summed E-state index contributed by atoms with van der Waals surface area (Å²) in [4.78, 5) is 0.268. The van der Waals surface area contributed by atoms with E-state index in [-0.39, 0.29) is 10.9 Å². The van der Waals surface area contributed by atoms with Crippen molar-refractivity contribution in [3.8, 4) is 0 Å². The Morgan fingerprint density at radius 2 is 2.11 bits per heavy atom. The fourth-order valence-electron chi connectivity index (χ4n) is 2.26. The lowest BCUT2D eigenvalue weighted by Gasteiger charge is -2.17. The van der Waals surface area contributed by atoms with Crippen molar-refractivity contribution in [1.29, 1.82) is 0 Å². The predicted molar refractivity (Wildman–Crippen MR) is 72.8 cm³/mol. The topological polar surface area (TPSA) is 66.4 Å². The summed E-state index contributed by atoms with van der Waals surface area (Å²) in [6, 6.07) is 4.67. The number of benzene rings is 1. The molecule has 0 spiro atoms. The average molecular weight is 334 g/mol. The lowest BCUT2D eigenvalue weighted by Crippen LogP contribution is -2.40. The van der Waals surface area contributed by atoms with E-state index in [2.05, 4.69) is 20.7 Å². The van der Waals surface area contributed by atoms with E-state index in [1.54, 1.807) is 25.1 Å². The smallest absolute Gasteiger partial charge is 0.241 e. The van der Waals surface area contributed by atoms with Gasteiger partial charge in [0.25, 0.3) is 0 Å². The van der Waals surface area contributed by atoms with Gasteiger partial charge >= 0.3 is 0 Å². The van der Waals surface area contributed by atoms with Crippen LogP contribution < -0.4 is 4.72 Å². The Balaban J connectivity index is 2.25. The van der Waals surface area contributed by atoms with E-state index in [4.69, 9.17) is 0 Å². The van der Waals surface area contributed by atoms with Crippen molar-refractivity contribution in [3.05, 3.63) is 28.2 Å². The van der Waals surface area contributed by atoms with Gasteiger partial charge in [-0.05, 0) is 49.9 Å². The first-order chi connectivity index (χ1) is 8.40. The molecule has 0 saturated heterocycles. The summed E-state index contributed by atoms with van der Waals surface area (Å²) >= 11 is 3.31. The van der Waals surface area contributed by atoms with E-state index < -0.39 is 16.1 Å². The van der Waals surface area contributed by atoms with Crippen molar-refractivity contribution >= 4 is 26.0 Å². The van der Waals surface area contributed by atoms with Gasteiger partial charge in [0.05, 0.1) is 11.0 Å². The number of aliphatic hydroxyl groups excluding tert-OH is 1. The summed E-state index contributed by atoms with van der Waals surface area (Å²) in [5, 5.41) is 9.68. The molecule has 1 aromatic rings. The highest BCUT2D eigenvalue weighted by Crippen LogP contribution is 2.24. The summed E-state index contributed by atoms with van der Waals surface area (Å²) < 4.78 is 27.9. The summed E-state index contributed by atoms with van der Waals surface area (Å²) in [5.41, 5.74) is 0.685. The summed E-state index contributed by atoms with van der Waals surface area (Å²) in [6.45, 7) is 1.75. The average Bonchev–Trinajstić information content (AvgIpc) is 2.63. The van der Waals surface area contributed by atoms with Crippen LogP contribution in [0.1, 0.15) is 24.8 Å². The van der Waals surface area contributed by atoms with Crippen molar-refractivity contribution in [3.63, 3.8) is 0 Å². The number of rotatable bonds is 3. The number of aryl methyl sites for hydroxylation is 1. The van der Waals surface area contributed by atoms with Crippen molar-refractivity contribution < 1.29 is 13.5 Å². The largest absolute Gasteiger partial charge is 0.391 e. The summed E-state index contributed by atoms with van der Waals surface area (Å²) in [6.07, 6.45) is 1.63. The monoisotopic (exact) mass is 333 g/mol. The Labute approximate surface area is 116 Å². The molecule has 0 heterocycles. The van der Waals surface area contributed by atoms with Crippen LogP contribution in [0, 0.1) is 6.92 Å². The predicted octanol–water partition coefficient (Wildman–Crippen LogP) is 1.95. The molecule has 4 nitrogen and oxygen atoms in total. The lowest BCUT2D eigenvalue weighted by molar-refractivity contribution is 0.159. The molecule has 2 atom stereocenters. The number of hydrogen-bond donors (Lipinski definition) is 2. The van der Waals surface area contributed by atoms with E-state index in [9.17, 15) is 13.5 Å². The quantitative estimate of drug-likeness (QED) is 0.888. The van der Waals surface area contributed by atoms with E-state index in [0.717, 1.165) is 10.9 Å². The van der Waals surface area contributed by atoms with Crippen molar-refractivity contribution in [2.45, 2.75) is 43.2 Å². The highest BCUT2D eigenvalue weighted by molar-refractivity contribution is 9.10. The van der Waals surface area contributed by atoms with Crippen LogP contribution in [0.15, 0.2) is 27.6 Å². The zero-order chi connectivity index (χ0) is 13.3. The second-order valence-corrected chi connectivity index (χ2v) is 7.23. The second kappa shape index (κ2) is 5.28. The molecular weight excluding hydrogens is 318 g/mol. The molecule has 1 fully saturated rings.